The predicted molar refractivity (Wildman–Crippen MR) is 87.6 cm³/mol. The molecular formula is C16H15BrN2O3. The summed E-state index contributed by atoms with van der Waals surface area (Å²) in [4.78, 5) is 23.5. The molecule has 5 nitrogen and oxygen atoms in total. The summed E-state index contributed by atoms with van der Waals surface area (Å²) in [7, 11) is 0. The summed E-state index contributed by atoms with van der Waals surface area (Å²) in [5.41, 5.74) is 1.51. The van der Waals surface area contributed by atoms with Gasteiger partial charge in [-0.2, -0.15) is 0 Å². The number of phenols is 1. The first-order valence-electron chi connectivity index (χ1n) is 6.68. The van der Waals surface area contributed by atoms with Gasteiger partial charge in [0.15, 0.2) is 0 Å². The summed E-state index contributed by atoms with van der Waals surface area (Å²) in [6, 6.07) is 13.8. The molecule has 0 spiro atoms. The molecule has 0 heterocycles. The molecule has 3 N–H and O–H groups in total. The molecule has 0 aliphatic carbocycles. The number of amides is 2. The van der Waals surface area contributed by atoms with E-state index in [0.717, 1.165) is 5.56 Å². The standard InChI is InChI=1S/C16H15BrN2O3/c17-13-3-1-2-4-14(13)19-16(22)15(21)18-10-9-11-5-7-12(20)8-6-11/h1-8,20H,9-10H2,(H,18,21)(H,19,22). The molecule has 2 amide bonds. The van der Waals surface area contributed by atoms with Crippen LogP contribution < -0.4 is 10.6 Å². The quantitative estimate of drug-likeness (QED) is 0.731. The lowest BCUT2D eigenvalue weighted by Crippen LogP contribution is -2.36. The third-order valence-electron chi connectivity index (χ3n) is 2.96. The van der Waals surface area contributed by atoms with E-state index in [2.05, 4.69) is 26.6 Å². The number of aromatic hydroxyl groups is 1. The molecule has 2 aromatic rings. The van der Waals surface area contributed by atoms with Gasteiger partial charge >= 0.3 is 11.8 Å². The number of benzene rings is 2. The number of rotatable bonds is 4. The van der Waals surface area contributed by atoms with Crippen molar-refractivity contribution in [3.8, 4) is 5.75 Å². The molecule has 0 aliphatic heterocycles. The maximum atomic E-state index is 11.8. The van der Waals surface area contributed by atoms with E-state index in [4.69, 9.17) is 0 Å². The van der Waals surface area contributed by atoms with E-state index in [9.17, 15) is 14.7 Å². The molecule has 0 radical (unpaired) electrons. The van der Waals surface area contributed by atoms with Crippen molar-refractivity contribution < 1.29 is 14.7 Å². The normalized spacial score (nSPS) is 10.0. The lowest BCUT2D eigenvalue weighted by Gasteiger charge is -2.08. The Hall–Kier alpha value is -2.34. The van der Waals surface area contributed by atoms with Gasteiger partial charge in [-0.05, 0) is 52.2 Å². The highest BCUT2D eigenvalue weighted by atomic mass is 79.9. The molecule has 0 unspecified atom stereocenters. The average molecular weight is 363 g/mol. The fourth-order valence-electron chi connectivity index (χ4n) is 1.80. The summed E-state index contributed by atoms with van der Waals surface area (Å²) in [6.45, 7) is 0.340. The molecule has 0 fully saturated rings. The number of phenolic OH excluding ortho intramolecular Hbond substituents is 1. The van der Waals surface area contributed by atoms with Crippen LogP contribution in [0, 0.1) is 0 Å². The van der Waals surface area contributed by atoms with Crippen molar-refractivity contribution >= 4 is 33.4 Å². The van der Waals surface area contributed by atoms with Gasteiger partial charge in [0.05, 0.1) is 5.69 Å². The monoisotopic (exact) mass is 362 g/mol. The molecule has 0 bridgehead atoms. The van der Waals surface area contributed by atoms with Gasteiger partial charge in [-0.1, -0.05) is 24.3 Å². The highest BCUT2D eigenvalue weighted by Gasteiger charge is 2.14. The van der Waals surface area contributed by atoms with Crippen LogP contribution in [0.15, 0.2) is 53.0 Å². The number of nitrogens with one attached hydrogen (secondary N) is 2. The lowest BCUT2D eigenvalue weighted by molar-refractivity contribution is -0.136. The highest BCUT2D eigenvalue weighted by molar-refractivity contribution is 9.10. The van der Waals surface area contributed by atoms with Crippen LogP contribution in [0.25, 0.3) is 0 Å². The fourth-order valence-corrected chi connectivity index (χ4v) is 2.19. The maximum Gasteiger partial charge on any atom is 0.313 e. The Balaban J connectivity index is 1.80. The van der Waals surface area contributed by atoms with Crippen LogP contribution in [0.5, 0.6) is 5.75 Å². The average Bonchev–Trinajstić information content (AvgIpc) is 2.51. The Bertz CT molecular complexity index is 671. The number of anilines is 1. The number of carbonyl (C=O) groups excluding carboxylic acids is 2. The van der Waals surface area contributed by atoms with Crippen LogP contribution in [0.1, 0.15) is 5.56 Å². The summed E-state index contributed by atoms with van der Waals surface area (Å²) in [5, 5.41) is 14.3. The molecule has 0 aromatic heterocycles. The zero-order chi connectivity index (χ0) is 15.9. The minimum atomic E-state index is -0.711. The minimum Gasteiger partial charge on any atom is -0.508 e. The van der Waals surface area contributed by atoms with Crippen LogP contribution in [-0.4, -0.2) is 23.5 Å². The van der Waals surface area contributed by atoms with E-state index < -0.39 is 11.8 Å². The van der Waals surface area contributed by atoms with Crippen LogP contribution in [-0.2, 0) is 16.0 Å². The van der Waals surface area contributed by atoms with E-state index >= 15 is 0 Å². The van der Waals surface area contributed by atoms with Gasteiger partial charge in [-0.25, -0.2) is 0 Å². The third-order valence-corrected chi connectivity index (χ3v) is 3.66. The van der Waals surface area contributed by atoms with Crippen LogP contribution >= 0.6 is 15.9 Å². The molecule has 2 aromatic carbocycles. The maximum absolute atomic E-state index is 11.8. The van der Waals surface area contributed by atoms with Crippen LogP contribution in [0.3, 0.4) is 0 Å². The van der Waals surface area contributed by atoms with Crippen LogP contribution in [0.4, 0.5) is 5.69 Å². The van der Waals surface area contributed by atoms with E-state index in [1.807, 2.05) is 6.07 Å². The zero-order valence-electron chi connectivity index (χ0n) is 11.7. The van der Waals surface area contributed by atoms with Gasteiger partial charge in [-0.3, -0.25) is 9.59 Å². The molecule has 22 heavy (non-hydrogen) atoms. The van der Waals surface area contributed by atoms with Gasteiger partial charge < -0.3 is 15.7 Å². The Labute approximate surface area is 136 Å². The molecule has 6 heteroatoms. The van der Waals surface area contributed by atoms with Gasteiger partial charge in [0.25, 0.3) is 0 Å². The third kappa shape index (κ3) is 4.60. The summed E-state index contributed by atoms with van der Waals surface area (Å²) in [5.74, 6) is -1.20. The first-order valence-corrected chi connectivity index (χ1v) is 7.47. The number of hydrogen-bond donors (Lipinski definition) is 3. The molecule has 0 saturated heterocycles. The Kier molecular flexibility index (Phi) is 5.55. The summed E-state index contributed by atoms with van der Waals surface area (Å²) in [6.07, 6.45) is 0.578. The van der Waals surface area contributed by atoms with Crippen molar-refractivity contribution in [1.82, 2.24) is 5.32 Å². The van der Waals surface area contributed by atoms with E-state index in [1.54, 1.807) is 42.5 Å². The number of hydrogen-bond acceptors (Lipinski definition) is 3. The smallest absolute Gasteiger partial charge is 0.313 e. The molecule has 0 atom stereocenters. The van der Waals surface area contributed by atoms with Crippen molar-refractivity contribution in [3.05, 3.63) is 58.6 Å². The largest absolute Gasteiger partial charge is 0.508 e. The topological polar surface area (TPSA) is 78.4 Å². The molecule has 2 rings (SSSR count). The minimum absolute atomic E-state index is 0.195. The van der Waals surface area contributed by atoms with Gasteiger partial charge in [0.2, 0.25) is 0 Å². The number of para-hydroxylation sites is 1. The van der Waals surface area contributed by atoms with Crippen molar-refractivity contribution in [2.75, 3.05) is 11.9 Å². The van der Waals surface area contributed by atoms with Crippen molar-refractivity contribution in [2.24, 2.45) is 0 Å². The molecule has 0 aliphatic rings. The summed E-state index contributed by atoms with van der Waals surface area (Å²) < 4.78 is 0.709. The number of halogens is 1. The van der Waals surface area contributed by atoms with E-state index in [0.29, 0.717) is 23.1 Å². The second-order valence-electron chi connectivity index (χ2n) is 4.61. The Morgan fingerprint density at radius 3 is 2.36 bits per heavy atom. The van der Waals surface area contributed by atoms with Crippen LogP contribution in [0.2, 0.25) is 0 Å². The Morgan fingerprint density at radius 2 is 1.68 bits per heavy atom. The predicted octanol–water partition coefficient (Wildman–Crippen LogP) is 2.45. The first kappa shape index (κ1) is 16.0. The van der Waals surface area contributed by atoms with Crippen molar-refractivity contribution in [2.45, 2.75) is 6.42 Å². The van der Waals surface area contributed by atoms with Gasteiger partial charge in [0, 0.05) is 11.0 Å². The zero-order valence-corrected chi connectivity index (χ0v) is 13.3. The molecular weight excluding hydrogens is 348 g/mol. The lowest BCUT2D eigenvalue weighted by atomic mass is 10.1. The van der Waals surface area contributed by atoms with Gasteiger partial charge in [-0.15, -0.1) is 0 Å². The second-order valence-corrected chi connectivity index (χ2v) is 5.46. The van der Waals surface area contributed by atoms with E-state index in [-0.39, 0.29) is 5.75 Å². The van der Waals surface area contributed by atoms with Crippen molar-refractivity contribution in [3.63, 3.8) is 0 Å². The molecule has 114 valence electrons. The second kappa shape index (κ2) is 7.61. The molecule has 0 saturated carbocycles. The Morgan fingerprint density at radius 1 is 1.00 bits per heavy atom. The first-order chi connectivity index (χ1) is 10.6. The van der Waals surface area contributed by atoms with Crippen molar-refractivity contribution in [1.29, 1.82) is 0 Å². The highest BCUT2D eigenvalue weighted by Crippen LogP contribution is 2.20. The summed E-state index contributed by atoms with van der Waals surface area (Å²) >= 11 is 3.30. The van der Waals surface area contributed by atoms with Gasteiger partial charge in [0.1, 0.15) is 5.75 Å². The fraction of sp³-hybridized carbons (Fsp3) is 0.125. The van der Waals surface area contributed by atoms with E-state index in [1.165, 1.54) is 0 Å². The SMILES string of the molecule is O=C(NCCc1ccc(O)cc1)C(=O)Nc1ccccc1Br. The number of carbonyl (C=O) groups is 2.